The Labute approximate surface area is 309 Å². The predicted molar refractivity (Wildman–Crippen MR) is 202 cm³/mol. The first-order valence-electron chi connectivity index (χ1n) is 18.2. The van der Waals surface area contributed by atoms with E-state index < -0.39 is 17.1 Å². The second kappa shape index (κ2) is 20.6. The minimum Gasteiger partial charge on any atom is -0.462 e. The molecule has 1 atom stereocenters. The molecule has 2 aromatic heterocycles. The van der Waals surface area contributed by atoms with E-state index >= 15 is 0 Å². The molecule has 0 fully saturated rings. The third-order valence-corrected chi connectivity index (χ3v) is 10.1. The summed E-state index contributed by atoms with van der Waals surface area (Å²) < 4.78 is 13.1. The van der Waals surface area contributed by atoms with E-state index in [1.807, 2.05) is 42.5 Å². The van der Waals surface area contributed by atoms with Crippen molar-refractivity contribution in [3.05, 3.63) is 89.3 Å². The van der Waals surface area contributed by atoms with Gasteiger partial charge in [-0.1, -0.05) is 144 Å². The Kier molecular flexibility index (Phi) is 15.3. The molecule has 0 aliphatic carbocycles. The smallest absolute Gasteiger partial charge is 0.338 e. The minimum atomic E-state index is -1.00. The highest BCUT2D eigenvalue weighted by atomic mass is 35.5. The average molecular weight is 731 g/mol. The molecule has 51 heavy (non-hydrogen) atoms. The molecule has 0 saturated heterocycles. The number of benzene rings is 3. The number of unbranched alkanes of at least 4 members (excludes halogenated alkanes) is 13. The van der Waals surface area contributed by atoms with Crippen molar-refractivity contribution in [2.75, 3.05) is 11.9 Å². The van der Waals surface area contributed by atoms with E-state index in [2.05, 4.69) is 32.7 Å². The molecule has 10 nitrogen and oxygen atoms in total. The van der Waals surface area contributed by atoms with Crippen molar-refractivity contribution in [3.8, 4) is 5.69 Å². The normalized spacial score (nSPS) is 11.9. The van der Waals surface area contributed by atoms with Crippen molar-refractivity contribution in [2.45, 2.75) is 107 Å². The number of ether oxygens (including phenoxy) is 1. The molecule has 0 bridgehead atoms. The molecule has 0 aliphatic rings. The quantitative estimate of drug-likeness (QED) is 0.0421. The van der Waals surface area contributed by atoms with Crippen LogP contribution in [0.4, 0.5) is 5.69 Å². The highest BCUT2D eigenvalue weighted by Crippen LogP contribution is 2.37. The monoisotopic (exact) mass is 730 g/mol. The number of amides is 1. The summed E-state index contributed by atoms with van der Waals surface area (Å²) >= 11 is 7.58. The van der Waals surface area contributed by atoms with Gasteiger partial charge in [-0.15, -0.1) is 5.10 Å². The van der Waals surface area contributed by atoms with Gasteiger partial charge in [0.1, 0.15) is 5.52 Å². The predicted octanol–water partition coefficient (Wildman–Crippen LogP) is 10.6. The van der Waals surface area contributed by atoms with Gasteiger partial charge in [0.25, 0.3) is 0 Å². The number of nitrogens with one attached hydrogen (secondary N) is 1. The van der Waals surface area contributed by atoms with Crippen LogP contribution in [0.15, 0.2) is 82.4 Å². The van der Waals surface area contributed by atoms with Gasteiger partial charge in [0.15, 0.2) is 10.8 Å². The van der Waals surface area contributed by atoms with Crippen molar-refractivity contribution in [3.63, 3.8) is 0 Å². The van der Waals surface area contributed by atoms with Crippen LogP contribution in [0.5, 0.6) is 0 Å². The lowest BCUT2D eigenvalue weighted by atomic mass is 10.0. The largest absolute Gasteiger partial charge is 0.462 e. The number of nitrogens with zero attached hydrogens (tertiary/aromatic N) is 5. The molecule has 0 aliphatic heterocycles. The molecule has 270 valence electrons. The number of rotatable bonds is 22. The first-order valence-corrected chi connectivity index (χ1v) is 19.4. The molecular formula is C39H47ClN6O4S. The molecule has 5 aromatic rings. The van der Waals surface area contributed by atoms with Crippen molar-refractivity contribution in [1.82, 2.24) is 25.2 Å². The number of tetrazole rings is 1. The molecule has 1 N–H and O–H groups in total. The molecule has 0 spiro atoms. The number of thioether (sulfide) groups is 1. The number of carbonyl (C=O) groups is 2. The SMILES string of the molecule is CCCCCCCCCCCCCCCCOC(=O)c1ccc(Cl)c(NC(=O)C(Sc2nnnn2-c2ccccc2)c2nc3ccccc3o2)c1. The van der Waals surface area contributed by atoms with Crippen LogP contribution in [-0.4, -0.2) is 43.7 Å². The number of oxazole rings is 1. The van der Waals surface area contributed by atoms with Crippen molar-refractivity contribution in [1.29, 1.82) is 0 Å². The molecule has 0 saturated carbocycles. The third-order valence-electron chi connectivity index (χ3n) is 8.63. The zero-order chi connectivity index (χ0) is 35.7. The van der Waals surface area contributed by atoms with Crippen LogP contribution in [0.3, 0.4) is 0 Å². The maximum Gasteiger partial charge on any atom is 0.338 e. The minimum absolute atomic E-state index is 0.168. The standard InChI is InChI=1S/C39H47ClN6O4S/c1-2-3-4-5-6-7-8-9-10-11-12-13-14-20-27-49-38(48)29-25-26-31(40)33(28-29)41-36(47)35(37-42-32-23-18-19-24-34(32)50-37)51-39-43-44-45-46(39)30-21-16-15-17-22-30/h15-19,21-26,28,35H,2-14,20,27H2,1H3,(H,41,47). The zero-order valence-corrected chi connectivity index (χ0v) is 30.8. The van der Waals surface area contributed by atoms with Gasteiger partial charge < -0.3 is 14.5 Å². The van der Waals surface area contributed by atoms with Crippen molar-refractivity contribution >= 4 is 52.0 Å². The molecule has 3 aromatic carbocycles. The topological polar surface area (TPSA) is 125 Å². The number of hydrogen-bond acceptors (Lipinski definition) is 9. The van der Waals surface area contributed by atoms with Crippen molar-refractivity contribution < 1.29 is 18.7 Å². The third kappa shape index (κ3) is 11.7. The van der Waals surface area contributed by atoms with Gasteiger partial charge in [0.2, 0.25) is 17.0 Å². The van der Waals surface area contributed by atoms with Crippen LogP contribution in [0.25, 0.3) is 16.8 Å². The zero-order valence-electron chi connectivity index (χ0n) is 29.3. The van der Waals surface area contributed by atoms with E-state index in [1.54, 1.807) is 24.3 Å². The highest BCUT2D eigenvalue weighted by Gasteiger charge is 2.31. The number of aromatic nitrogens is 5. The maximum absolute atomic E-state index is 13.9. The number of fused-ring (bicyclic) bond motifs is 1. The number of carbonyl (C=O) groups excluding carboxylic acids is 2. The number of anilines is 1. The van der Waals surface area contributed by atoms with E-state index in [9.17, 15) is 9.59 Å². The van der Waals surface area contributed by atoms with E-state index in [4.69, 9.17) is 20.8 Å². The van der Waals surface area contributed by atoms with E-state index in [1.165, 1.54) is 81.4 Å². The Balaban J connectivity index is 1.12. The summed E-state index contributed by atoms with van der Waals surface area (Å²) in [4.78, 5) is 31.5. The Morgan fingerprint density at radius 1 is 0.843 bits per heavy atom. The summed E-state index contributed by atoms with van der Waals surface area (Å²) in [5, 5.41) is 14.6. The Hall–Kier alpha value is -4.22. The summed E-state index contributed by atoms with van der Waals surface area (Å²) in [6.07, 6.45) is 17.6. The first-order chi connectivity index (χ1) is 25.0. The fourth-order valence-corrected chi connectivity index (χ4v) is 6.87. The summed E-state index contributed by atoms with van der Waals surface area (Å²) in [7, 11) is 0. The summed E-state index contributed by atoms with van der Waals surface area (Å²) in [5.74, 6) is -0.783. The fourth-order valence-electron chi connectivity index (χ4n) is 5.80. The van der Waals surface area contributed by atoms with Crippen LogP contribution >= 0.6 is 23.4 Å². The second-order valence-corrected chi connectivity index (χ2v) is 14.1. The lowest BCUT2D eigenvalue weighted by molar-refractivity contribution is -0.116. The van der Waals surface area contributed by atoms with Crippen LogP contribution < -0.4 is 5.32 Å². The second-order valence-electron chi connectivity index (χ2n) is 12.6. The fraction of sp³-hybridized carbons (Fsp3) is 0.436. The lowest BCUT2D eigenvalue weighted by Gasteiger charge is -2.15. The highest BCUT2D eigenvalue weighted by molar-refractivity contribution is 8.00. The van der Waals surface area contributed by atoms with Crippen LogP contribution in [0, 0.1) is 0 Å². The van der Waals surface area contributed by atoms with Gasteiger partial charge in [-0.05, 0) is 59.3 Å². The summed E-state index contributed by atoms with van der Waals surface area (Å²) in [5.41, 5.74) is 2.42. The van der Waals surface area contributed by atoms with E-state index in [-0.39, 0.29) is 16.6 Å². The number of esters is 1. The van der Waals surface area contributed by atoms with Gasteiger partial charge in [-0.2, -0.15) is 4.68 Å². The van der Waals surface area contributed by atoms with Gasteiger partial charge in [-0.3, -0.25) is 4.79 Å². The van der Waals surface area contributed by atoms with Crippen LogP contribution in [0.1, 0.15) is 118 Å². The van der Waals surface area contributed by atoms with Gasteiger partial charge in [-0.25, -0.2) is 9.78 Å². The van der Waals surface area contributed by atoms with E-state index in [0.29, 0.717) is 28.4 Å². The lowest BCUT2D eigenvalue weighted by Crippen LogP contribution is -2.20. The molecule has 1 unspecified atom stereocenters. The first kappa shape index (κ1) is 38.0. The molecule has 0 radical (unpaired) electrons. The van der Waals surface area contributed by atoms with Gasteiger partial charge in [0.05, 0.1) is 28.6 Å². The molecule has 12 heteroatoms. The van der Waals surface area contributed by atoms with Crippen LogP contribution in [0.2, 0.25) is 5.02 Å². The number of halogens is 1. The van der Waals surface area contributed by atoms with E-state index in [0.717, 1.165) is 36.7 Å². The number of hydrogen-bond donors (Lipinski definition) is 1. The Morgan fingerprint density at radius 3 is 2.18 bits per heavy atom. The summed E-state index contributed by atoms with van der Waals surface area (Å²) in [6, 6.07) is 21.3. The number of para-hydroxylation sites is 3. The van der Waals surface area contributed by atoms with Crippen LogP contribution in [-0.2, 0) is 9.53 Å². The van der Waals surface area contributed by atoms with Gasteiger partial charge in [0, 0.05) is 0 Å². The average Bonchev–Trinajstić information content (AvgIpc) is 3.80. The molecule has 5 rings (SSSR count). The maximum atomic E-state index is 13.9. The van der Waals surface area contributed by atoms with Gasteiger partial charge >= 0.3 is 5.97 Å². The molecule has 1 amide bonds. The molecular weight excluding hydrogens is 684 g/mol. The van der Waals surface area contributed by atoms with Crippen molar-refractivity contribution in [2.24, 2.45) is 0 Å². The Morgan fingerprint density at radius 2 is 1.49 bits per heavy atom. The Bertz CT molecular complexity index is 1780. The molecule has 2 heterocycles. The summed E-state index contributed by atoms with van der Waals surface area (Å²) in [6.45, 7) is 2.60.